The fourth-order valence-electron chi connectivity index (χ4n) is 5.21. The van der Waals surface area contributed by atoms with Gasteiger partial charge in [-0.05, 0) is 51.3 Å². The molecule has 1 N–H and O–H groups in total. The molecule has 3 saturated heterocycles. The van der Waals surface area contributed by atoms with E-state index in [1.165, 1.54) is 31.5 Å². The van der Waals surface area contributed by atoms with Gasteiger partial charge in [0.1, 0.15) is 0 Å². The highest BCUT2D eigenvalue weighted by Gasteiger charge is 2.39. The molecule has 0 amide bonds. The largest absolute Gasteiger partial charge is 0.381 e. The quantitative estimate of drug-likeness (QED) is 0.523. The Morgan fingerprint density at radius 3 is 2.44 bits per heavy atom. The lowest BCUT2D eigenvalue weighted by atomic mass is 9.88. The van der Waals surface area contributed by atoms with E-state index in [-0.39, 0.29) is 5.54 Å². The Morgan fingerprint density at radius 1 is 1.03 bits per heavy atom. The maximum absolute atomic E-state index is 5.71. The van der Waals surface area contributed by atoms with Gasteiger partial charge in [0, 0.05) is 58.0 Å². The number of nitrogens with one attached hydrogen (secondary N) is 1. The summed E-state index contributed by atoms with van der Waals surface area (Å²) in [5.41, 5.74) is 1.46. The molecule has 0 unspecified atom stereocenters. The molecule has 4 rings (SSSR count). The Morgan fingerprint density at radius 2 is 1.75 bits per heavy atom. The van der Waals surface area contributed by atoms with Gasteiger partial charge in [0.2, 0.25) is 0 Å². The van der Waals surface area contributed by atoms with E-state index in [0.717, 1.165) is 77.8 Å². The number of hydrogen-bond donors (Lipinski definition) is 1. The zero-order chi connectivity index (χ0) is 22.1. The molecule has 1 aromatic carbocycles. The van der Waals surface area contributed by atoms with Crippen molar-refractivity contribution in [1.82, 2.24) is 20.0 Å². The Hall–Kier alpha value is -1.89. The Labute approximate surface area is 194 Å². The molecule has 0 saturated carbocycles. The van der Waals surface area contributed by atoms with Crippen molar-refractivity contribution in [3.63, 3.8) is 0 Å². The van der Waals surface area contributed by atoms with Crippen LogP contribution in [0.2, 0.25) is 0 Å². The first-order valence-corrected chi connectivity index (χ1v) is 12.6. The van der Waals surface area contributed by atoms with Crippen LogP contribution in [0.15, 0.2) is 41.4 Å². The highest BCUT2D eigenvalue weighted by atomic mass is 16.5. The van der Waals surface area contributed by atoms with Crippen LogP contribution in [0.3, 0.4) is 0 Å². The average Bonchev–Trinajstić information content (AvgIpc) is 3.40. The first-order valence-electron chi connectivity index (χ1n) is 12.6. The van der Waals surface area contributed by atoms with Crippen molar-refractivity contribution in [2.75, 3.05) is 72.1 Å². The van der Waals surface area contributed by atoms with Crippen molar-refractivity contribution in [2.45, 2.75) is 38.1 Å². The van der Waals surface area contributed by atoms with Gasteiger partial charge in [-0.2, -0.15) is 0 Å². The molecule has 176 valence electrons. The predicted molar refractivity (Wildman–Crippen MR) is 133 cm³/mol. The SMILES string of the molecule is CCNC(=NCC1(N2CCCC2)CCOCC1)N1CCN(C/C=C/c2ccccc2)CC1. The van der Waals surface area contributed by atoms with Crippen molar-refractivity contribution in [3.8, 4) is 0 Å². The van der Waals surface area contributed by atoms with Crippen molar-refractivity contribution in [3.05, 3.63) is 42.0 Å². The number of ether oxygens (including phenoxy) is 1. The fourth-order valence-corrected chi connectivity index (χ4v) is 5.21. The number of aliphatic imine (C=N–C) groups is 1. The van der Waals surface area contributed by atoms with Crippen LogP contribution in [0, 0.1) is 0 Å². The zero-order valence-corrected chi connectivity index (χ0v) is 19.8. The highest BCUT2D eigenvalue weighted by molar-refractivity contribution is 5.80. The Kier molecular flexibility index (Phi) is 8.60. The average molecular weight is 440 g/mol. The summed E-state index contributed by atoms with van der Waals surface area (Å²) in [5, 5.41) is 3.57. The van der Waals surface area contributed by atoms with Crippen LogP contribution in [0.4, 0.5) is 0 Å². The van der Waals surface area contributed by atoms with Crippen LogP contribution in [0.1, 0.15) is 38.2 Å². The molecule has 3 aliphatic heterocycles. The van der Waals surface area contributed by atoms with Crippen LogP contribution in [0.25, 0.3) is 6.08 Å². The Balaban J connectivity index is 1.32. The van der Waals surface area contributed by atoms with Crippen LogP contribution >= 0.6 is 0 Å². The number of hydrogen-bond acceptors (Lipinski definition) is 4. The molecule has 32 heavy (non-hydrogen) atoms. The maximum Gasteiger partial charge on any atom is 0.194 e. The van der Waals surface area contributed by atoms with Gasteiger partial charge < -0.3 is 15.0 Å². The molecular weight excluding hydrogens is 398 g/mol. The predicted octanol–water partition coefficient (Wildman–Crippen LogP) is 2.93. The third-order valence-electron chi connectivity index (χ3n) is 7.20. The van der Waals surface area contributed by atoms with Crippen LogP contribution < -0.4 is 5.32 Å². The molecule has 1 aromatic rings. The van der Waals surface area contributed by atoms with E-state index in [4.69, 9.17) is 9.73 Å². The summed E-state index contributed by atoms with van der Waals surface area (Å²) < 4.78 is 5.71. The maximum atomic E-state index is 5.71. The molecule has 3 heterocycles. The lowest BCUT2D eigenvalue weighted by molar-refractivity contribution is -0.0140. The van der Waals surface area contributed by atoms with Crippen molar-refractivity contribution in [1.29, 1.82) is 0 Å². The smallest absolute Gasteiger partial charge is 0.194 e. The van der Waals surface area contributed by atoms with Gasteiger partial charge >= 0.3 is 0 Å². The van der Waals surface area contributed by atoms with E-state index in [1.54, 1.807) is 0 Å². The molecular formula is C26H41N5O. The lowest BCUT2D eigenvalue weighted by Crippen LogP contribution is -2.55. The molecule has 0 aliphatic carbocycles. The third-order valence-corrected chi connectivity index (χ3v) is 7.20. The molecule has 0 atom stereocenters. The van der Waals surface area contributed by atoms with Gasteiger partial charge in [0.05, 0.1) is 6.54 Å². The Bertz CT molecular complexity index is 730. The van der Waals surface area contributed by atoms with Gasteiger partial charge in [-0.1, -0.05) is 42.5 Å². The van der Waals surface area contributed by atoms with Crippen molar-refractivity contribution in [2.24, 2.45) is 4.99 Å². The summed E-state index contributed by atoms with van der Waals surface area (Å²) in [5.74, 6) is 1.09. The molecule has 3 fully saturated rings. The minimum Gasteiger partial charge on any atom is -0.381 e. The summed E-state index contributed by atoms with van der Waals surface area (Å²) in [7, 11) is 0. The summed E-state index contributed by atoms with van der Waals surface area (Å²) in [4.78, 5) is 12.9. The summed E-state index contributed by atoms with van der Waals surface area (Å²) in [6.07, 6.45) is 9.38. The summed E-state index contributed by atoms with van der Waals surface area (Å²) in [6, 6.07) is 10.6. The van der Waals surface area contributed by atoms with E-state index in [0.29, 0.717) is 0 Å². The number of nitrogens with zero attached hydrogens (tertiary/aromatic N) is 4. The van der Waals surface area contributed by atoms with E-state index < -0.39 is 0 Å². The monoisotopic (exact) mass is 439 g/mol. The lowest BCUT2D eigenvalue weighted by Gasteiger charge is -2.44. The fraction of sp³-hybridized carbons (Fsp3) is 0.654. The van der Waals surface area contributed by atoms with E-state index in [2.05, 4.69) is 69.4 Å². The van der Waals surface area contributed by atoms with Gasteiger partial charge in [-0.15, -0.1) is 0 Å². The van der Waals surface area contributed by atoms with E-state index in [9.17, 15) is 0 Å². The number of likely N-dealkylation sites (tertiary alicyclic amines) is 1. The highest BCUT2D eigenvalue weighted by Crippen LogP contribution is 2.31. The minimum absolute atomic E-state index is 0.194. The second-order valence-corrected chi connectivity index (χ2v) is 9.30. The summed E-state index contributed by atoms with van der Waals surface area (Å²) >= 11 is 0. The third kappa shape index (κ3) is 6.12. The van der Waals surface area contributed by atoms with Crippen molar-refractivity contribution >= 4 is 12.0 Å². The van der Waals surface area contributed by atoms with Gasteiger partial charge in [0.25, 0.3) is 0 Å². The summed E-state index contributed by atoms with van der Waals surface area (Å²) in [6.45, 7) is 13.4. The van der Waals surface area contributed by atoms with Gasteiger partial charge in [-0.3, -0.25) is 14.8 Å². The van der Waals surface area contributed by atoms with Crippen LogP contribution in [-0.2, 0) is 4.74 Å². The standard InChI is InChI=1S/C26H41N5O/c1-2-27-25(28-23-26(12-21-32-22-13-26)31-15-6-7-16-31)30-19-17-29(18-20-30)14-8-11-24-9-4-3-5-10-24/h3-5,8-11H,2,6-7,12-23H2,1H3,(H,27,28)/b11-8+. The van der Waals surface area contributed by atoms with E-state index >= 15 is 0 Å². The first-order chi connectivity index (χ1) is 15.8. The van der Waals surface area contributed by atoms with Crippen LogP contribution in [0.5, 0.6) is 0 Å². The first kappa shape index (κ1) is 23.3. The number of piperazine rings is 1. The molecule has 3 aliphatic rings. The number of guanidine groups is 1. The van der Waals surface area contributed by atoms with Crippen LogP contribution in [-0.4, -0.2) is 98.3 Å². The molecule has 0 bridgehead atoms. The van der Waals surface area contributed by atoms with Gasteiger partial charge in [0.15, 0.2) is 5.96 Å². The molecule has 6 nitrogen and oxygen atoms in total. The normalized spacial score (nSPS) is 23.2. The number of benzene rings is 1. The minimum atomic E-state index is 0.194. The molecule has 0 radical (unpaired) electrons. The molecule has 6 heteroatoms. The zero-order valence-electron chi connectivity index (χ0n) is 19.8. The van der Waals surface area contributed by atoms with Gasteiger partial charge in [-0.25, -0.2) is 0 Å². The number of rotatable bonds is 7. The topological polar surface area (TPSA) is 43.3 Å². The molecule has 0 aromatic heterocycles. The van der Waals surface area contributed by atoms with Crippen molar-refractivity contribution < 1.29 is 4.74 Å². The molecule has 0 spiro atoms. The van der Waals surface area contributed by atoms with E-state index in [1.807, 2.05) is 0 Å². The second kappa shape index (κ2) is 11.8. The second-order valence-electron chi connectivity index (χ2n) is 9.30.